The van der Waals surface area contributed by atoms with Crippen LogP contribution in [-0.4, -0.2) is 57.9 Å². The molecular weight excluding hydrogens is 264 g/mol. The van der Waals surface area contributed by atoms with Crippen molar-refractivity contribution in [2.75, 3.05) is 38.1 Å². The maximum Gasteiger partial charge on any atom is 0.158 e. The van der Waals surface area contributed by atoms with Crippen LogP contribution in [0.15, 0.2) is 0 Å². The van der Waals surface area contributed by atoms with Crippen molar-refractivity contribution >= 4 is 16.9 Å². The minimum absolute atomic E-state index is 0.847. The lowest BCUT2D eigenvalue weighted by Crippen LogP contribution is -2.45. The van der Waals surface area contributed by atoms with E-state index in [4.69, 9.17) is 9.97 Å². The Morgan fingerprint density at radius 2 is 1.76 bits per heavy atom. The van der Waals surface area contributed by atoms with Crippen molar-refractivity contribution < 1.29 is 0 Å². The topological polar surface area (TPSA) is 50.1 Å². The molecule has 0 aromatic carbocycles. The van der Waals surface area contributed by atoms with Gasteiger partial charge in [0.15, 0.2) is 5.82 Å². The van der Waals surface area contributed by atoms with Gasteiger partial charge in [-0.1, -0.05) is 6.92 Å². The van der Waals surface area contributed by atoms with Gasteiger partial charge in [0.2, 0.25) is 0 Å². The number of likely N-dealkylation sites (N-methyl/N-ethyl adjacent to an activating group) is 1. The van der Waals surface area contributed by atoms with E-state index in [1.54, 1.807) is 0 Å². The highest BCUT2D eigenvalue weighted by atomic mass is 15.3. The van der Waals surface area contributed by atoms with Crippen molar-refractivity contribution in [1.82, 2.24) is 24.6 Å². The molecular formula is C15H24N6. The summed E-state index contributed by atoms with van der Waals surface area (Å²) in [6, 6.07) is 0. The first kappa shape index (κ1) is 14.3. The highest BCUT2D eigenvalue weighted by Crippen LogP contribution is 2.27. The largest absolute Gasteiger partial charge is 0.352 e. The summed E-state index contributed by atoms with van der Waals surface area (Å²) in [5.74, 6) is 1.97. The first-order chi connectivity index (χ1) is 10.1. The molecule has 21 heavy (non-hydrogen) atoms. The van der Waals surface area contributed by atoms with E-state index in [0.717, 1.165) is 67.5 Å². The Labute approximate surface area is 125 Å². The molecule has 0 spiro atoms. The van der Waals surface area contributed by atoms with Crippen LogP contribution in [0.2, 0.25) is 0 Å². The predicted octanol–water partition coefficient (Wildman–Crippen LogP) is 1.47. The molecule has 0 aliphatic carbocycles. The van der Waals surface area contributed by atoms with Crippen LogP contribution < -0.4 is 4.90 Å². The van der Waals surface area contributed by atoms with Crippen LogP contribution in [-0.2, 0) is 13.0 Å². The zero-order valence-corrected chi connectivity index (χ0v) is 13.4. The summed E-state index contributed by atoms with van der Waals surface area (Å²) < 4.78 is 2.04. The molecule has 1 aliphatic heterocycles. The average Bonchev–Trinajstić information content (AvgIpc) is 2.84. The van der Waals surface area contributed by atoms with Gasteiger partial charge < -0.3 is 9.80 Å². The maximum absolute atomic E-state index is 4.83. The Balaban J connectivity index is 2.14. The Hall–Kier alpha value is -1.69. The number of anilines is 1. The minimum Gasteiger partial charge on any atom is -0.352 e. The monoisotopic (exact) mass is 288 g/mol. The van der Waals surface area contributed by atoms with Crippen LogP contribution in [0.3, 0.4) is 0 Å². The zero-order chi connectivity index (χ0) is 15.0. The Kier molecular flexibility index (Phi) is 3.80. The molecule has 0 atom stereocenters. The normalized spacial score (nSPS) is 16.9. The van der Waals surface area contributed by atoms with E-state index in [1.807, 2.05) is 11.6 Å². The van der Waals surface area contributed by atoms with Crippen LogP contribution in [0.1, 0.15) is 25.4 Å². The van der Waals surface area contributed by atoms with E-state index < -0.39 is 0 Å². The summed E-state index contributed by atoms with van der Waals surface area (Å²) in [5, 5.41) is 4.63. The Morgan fingerprint density at radius 3 is 2.38 bits per heavy atom. The molecule has 1 aliphatic rings. The van der Waals surface area contributed by atoms with Crippen molar-refractivity contribution in [2.45, 2.75) is 33.7 Å². The maximum atomic E-state index is 4.83. The molecule has 6 heteroatoms. The highest BCUT2D eigenvalue weighted by molar-refractivity contribution is 5.88. The molecule has 114 valence electrons. The van der Waals surface area contributed by atoms with E-state index in [0.29, 0.717) is 0 Å². The summed E-state index contributed by atoms with van der Waals surface area (Å²) in [5.41, 5.74) is 3.11. The van der Waals surface area contributed by atoms with Crippen molar-refractivity contribution in [3.63, 3.8) is 0 Å². The van der Waals surface area contributed by atoms with Crippen LogP contribution in [0.25, 0.3) is 11.0 Å². The average molecular weight is 288 g/mol. The SMILES string of the molecule is CCc1nc(N2CCN(C)CC2)c2c(n1)c(C)nn2CC. The minimum atomic E-state index is 0.847. The Bertz CT molecular complexity index is 639. The van der Waals surface area contributed by atoms with Crippen molar-refractivity contribution in [1.29, 1.82) is 0 Å². The van der Waals surface area contributed by atoms with Crippen molar-refractivity contribution in [2.24, 2.45) is 0 Å². The van der Waals surface area contributed by atoms with Crippen LogP contribution >= 0.6 is 0 Å². The number of nitrogens with zero attached hydrogens (tertiary/aromatic N) is 6. The summed E-state index contributed by atoms with van der Waals surface area (Å²) in [6.07, 6.45) is 0.855. The molecule has 3 heterocycles. The first-order valence-electron chi connectivity index (χ1n) is 7.81. The lowest BCUT2D eigenvalue weighted by Gasteiger charge is -2.33. The van der Waals surface area contributed by atoms with E-state index in [1.165, 1.54) is 0 Å². The molecule has 3 rings (SSSR count). The van der Waals surface area contributed by atoms with Gasteiger partial charge >= 0.3 is 0 Å². The molecule has 0 bridgehead atoms. The zero-order valence-electron chi connectivity index (χ0n) is 13.4. The second-order valence-electron chi connectivity index (χ2n) is 5.71. The fourth-order valence-electron chi connectivity index (χ4n) is 2.88. The van der Waals surface area contributed by atoms with Gasteiger partial charge in [0.25, 0.3) is 0 Å². The lowest BCUT2D eigenvalue weighted by atomic mass is 10.2. The van der Waals surface area contributed by atoms with Gasteiger partial charge in [-0.3, -0.25) is 4.68 Å². The van der Waals surface area contributed by atoms with E-state index >= 15 is 0 Å². The highest BCUT2D eigenvalue weighted by Gasteiger charge is 2.22. The summed E-state index contributed by atoms with van der Waals surface area (Å²) in [7, 11) is 2.17. The fourth-order valence-corrected chi connectivity index (χ4v) is 2.88. The molecule has 0 radical (unpaired) electrons. The van der Waals surface area contributed by atoms with Crippen LogP contribution in [0.4, 0.5) is 5.82 Å². The van der Waals surface area contributed by atoms with E-state index in [-0.39, 0.29) is 0 Å². The third-order valence-electron chi connectivity index (χ3n) is 4.20. The molecule has 1 fully saturated rings. The summed E-state index contributed by atoms with van der Waals surface area (Å²) in [6.45, 7) is 11.3. The molecule has 2 aromatic heterocycles. The number of aromatic nitrogens is 4. The number of fused-ring (bicyclic) bond motifs is 1. The van der Waals surface area contributed by atoms with Gasteiger partial charge in [0.05, 0.1) is 5.69 Å². The van der Waals surface area contributed by atoms with Gasteiger partial charge in [0, 0.05) is 39.1 Å². The summed E-state index contributed by atoms with van der Waals surface area (Å²) >= 11 is 0. The van der Waals surface area contributed by atoms with E-state index in [2.05, 4.69) is 35.8 Å². The second kappa shape index (κ2) is 5.60. The molecule has 0 unspecified atom stereocenters. The van der Waals surface area contributed by atoms with Gasteiger partial charge in [-0.15, -0.1) is 0 Å². The molecule has 0 amide bonds. The van der Waals surface area contributed by atoms with Crippen LogP contribution in [0, 0.1) is 6.92 Å². The third-order valence-corrected chi connectivity index (χ3v) is 4.20. The molecule has 0 N–H and O–H groups in total. The molecule has 1 saturated heterocycles. The van der Waals surface area contributed by atoms with Gasteiger partial charge in [-0.2, -0.15) is 5.10 Å². The number of hydrogen-bond acceptors (Lipinski definition) is 5. The fraction of sp³-hybridized carbons (Fsp3) is 0.667. The van der Waals surface area contributed by atoms with E-state index in [9.17, 15) is 0 Å². The standard InChI is InChI=1S/C15H24N6/c1-5-12-16-13-11(3)18-21(6-2)14(13)15(17-12)20-9-7-19(4)8-10-20/h5-10H2,1-4H3. The molecule has 6 nitrogen and oxygen atoms in total. The first-order valence-corrected chi connectivity index (χ1v) is 7.81. The number of aryl methyl sites for hydroxylation is 3. The van der Waals surface area contributed by atoms with Gasteiger partial charge in [-0.25, -0.2) is 9.97 Å². The predicted molar refractivity (Wildman–Crippen MR) is 84.8 cm³/mol. The van der Waals surface area contributed by atoms with Gasteiger partial charge in [0.1, 0.15) is 16.9 Å². The van der Waals surface area contributed by atoms with Crippen molar-refractivity contribution in [3.05, 3.63) is 11.5 Å². The number of rotatable bonds is 3. The van der Waals surface area contributed by atoms with Crippen molar-refractivity contribution in [3.8, 4) is 0 Å². The quantitative estimate of drug-likeness (QED) is 0.856. The number of piperazine rings is 1. The smallest absolute Gasteiger partial charge is 0.158 e. The summed E-state index contributed by atoms with van der Waals surface area (Å²) in [4.78, 5) is 14.3. The van der Waals surface area contributed by atoms with Crippen LogP contribution in [0.5, 0.6) is 0 Å². The molecule has 0 saturated carbocycles. The number of hydrogen-bond donors (Lipinski definition) is 0. The molecule has 2 aromatic rings. The lowest BCUT2D eigenvalue weighted by molar-refractivity contribution is 0.312. The third kappa shape index (κ3) is 2.48. The Morgan fingerprint density at radius 1 is 1.05 bits per heavy atom. The second-order valence-corrected chi connectivity index (χ2v) is 5.71. The van der Waals surface area contributed by atoms with Gasteiger partial charge in [-0.05, 0) is 20.9 Å².